The molecule has 0 atom stereocenters. The third kappa shape index (κ3) is 4.28. The highest BCUT2D eigenvalue weighted by molar-refractivity contribution is 7.91. The van der Waals surface area contributed by atoms with Gasteiger partial charge in [-0.15, -0.1) is 11.3 Å². The number of sulfonamides is 1. The summed E-state index contributed by atoms with van der Waals surface area (Å²) in [6.07, 6.45) is 1.55. The van der Waals surface area contributed by atoms with Gasteiger partial charge in [0.05, 0.1) is 0 Å². The van der Waals surface area contributed by atoms with Crippen molar-refractivity contribution >= 4 is 21.4 Å². The monoisotopic (exact) mass is 318 g/mol. The van der Waals surface area contributed by atoms with Gasteiger partial charge in [0.15, 0.2) is 0 Å². The second-order valence-corrected chi connectivity index (χ2v) is 8.37. The number of nitrogens with one attached hydrogen (secondary N) is 2. The minimum Gasteiger partial charge on any atom is -0.312 e. The minimum absolute atomic E-state index is 0.376. The Morgan fingerprint density at radius 1 is 1.25 bits per heavy atom. The first-order chi connectivity index (χ1) is 9.28. The maximum absolute atomic E-state index is 12.5. The van der Waals surface area contributed by atoms with Crippen molar-refractivity contribution in [3.05, 3.63) is 16.5 Å². The molecule has 1 aromatic rings. The van der Waals surface area contributed by atoms with Crippen molar-refractivity contribution < 1.29 is 8.42 Å². The number of hydrogen-bond donors (Lipinski definition) is 2. The molecule has 1 heterocycles. The summed E-state index contributed by atoms with van der Waals surface area (Å²) in [5.74, 6) is 0. The van der Waals surface area contributed by atoms with Crippen molar-refractivity contribution in [2.45, 2.75) is 63.8 Å². The largest absolute Gasteiger partial charge is 0.312 e. The lowest BCUT2D eigenvalue weighted by atomic mass is 9.98. The van der Waals surface area contributed by atoms with E-state index in [4.69, 9.17) is 0 Å². The van der Waals surface area contributed by atoms with E-state index >= 15 is 0 Å². The Kier molecular flexibility index (Phi) is 6.19. The first kappa shape index (κ1) is 17.6. The Morgan fingerprint density at radius 3 is 2.35 bits per heavy atom. The molecule has 20 heavy (non-hydrogen) atoms. The molecule has 0 saturated carbocycles. The smallest absolute Gasteiger partial charge is 0.250 e. The van der Waals surface area contributed by atoms with Crippen molar-refractivity contribution in [3.63, 3.8) is 0 Å². The standard InChI is InChI=1S/C14H26N2O2S2/c1-6-14(5,7-2)16-20(17,18)13-9-11(4)12(19-13)10-15-8-3/h9,15-16H,6-8,10H2,1-5H3. The Balaban J connectivity index is 2.98. The quantitative estimate of drug-likeness (QED) is 0.774. The van der Waals surface area contributed by atoms with Crippen LogP contribution in [0, 0.1) is 6.92 Å². The molecular formula is C14H26N2O2S2. The topological polar surface area (TPSA) is 58.2 Å². The normalized spacial score (nSPS) is 12.8. The first-order valence-electron chi connectivity index (χ1n) is 7.12. The van der Waals surface area contributed by atoms with Gasteiger partial charge in [0.25, 0.3) is 10.0 Å². The molecule has 0 aliphatic carbocycles. The average molecular weight is 319 g/mol. The van der Waals surface area contributed by atoms with Crippen LogP contribution in [0.15, 0.2) is 10.3 Å². The Labute approximate surface area is 127 Å². The maximum atomic E-state index is 12.5. The van der Waals surface area contributed by atoms with Gasteiger partial charge in [-0.2, -0.15) is 0 Å². The first-order valence-corrected chi connectivity index (χ1v) is 9.42. The fourth-order valence-electron chi connectivity index (χ4n) is 1.80. The minimum atomic E-state index is -3.43. The van der Waals surface area contributed by atoms with Gasteiger partial charge in [-0.1, -0.05) is 20.8 Å². The van der Waals surface area contributed by atoms with E-state index in [1.807, 2.05) is 34.6 Å². The Morgan fingerprint density at radius 2 is 1.85 bits per heavy atom. The number of aryl methyl sites for hydroxylation is 1. The van der Waals surface area contributed by atoms with E-state index in [0.29, 0.717) is 4.21 Å². The fourth-order valence-corrected chi connectivity index (χ4v) is 4.91. The predicted molar refractivity (Wildman–Crippen MR) is 85.7 cm³/mol. The molecule has 1 rings (SSSR count). The molecule has 0 bridgehead atoms. The molecule has 0 saturated heterocycles. The van der Waals surface area contributed by atoms with Crippen LogP contribution in [0.4, 0.5) is 0 Å². The van der Waals surface area contributed by atoms with Crippen LogP contribution in [0.25, 0.3) is 0 Å². The summed E-state index contributed by atoms with van der Waals surface area (Å²) in [5.41, 5.74) is 0.657. The summed E-state index contributed by atoms with van der Waals surface area (Å²) in [7, 11) is -3.43. The number of rotatable bonds is 8. The lowest BCUT2D eigenvalue weighted by molar-refractivity contribution is 0.389. The van der Waals surface area contributed by atoms with E-state index in [1.165, 1.54) is 11.3 Å². The summed E-state index contributed by atoms with van der Waals surface area (Å²) < 4.78 is 28.2. The van der Waals surface area contributed by atoms with Gasteiger partial charge in [0, 0.05) is 17.0 Å². The van der Waals surface area contributed by atoms with Gasteiger partial charge in [-0.25, -0.2) is 13.1 Å². The molecule has 116 valence electrons. The third-order valence-corrected chi connectivity index (χ3v) is 7.09. The fraction of sp³-hybridized carbons (Fsp3) is 0.714. The van der Waals surface area contributed by atoms with Gasteiger partial charge in [0.1, 0.15) is 4.21 Å². The van der Waals surface area contributed by atoms with Gasteiger partial charge >= 0.3 is 0 Å². The molecule has 0 radical (unpaired) electrons. The van der Waals surface area contributed by atoms with Gasteiger partial charge < -0.3 is 5.32 Å². The van der Waals surface area contributed by atoms with Crippen LogP contribution >= 0.6 is 11.3 Å². The average Bonchev–Trinajstić information content (AvgIpc) is 2.78. The number of thiophene rings is 1. The SMILES string of the molecule is CCNCc1sc(S(=O)(=O)NC(C)(CC)CC)cc1C. The maximum Gasteiger partial charge on any atom is 0.250 e. The van der Waals surface area contributed by atoms with E-state index in [-0.39, 0.29) is 5.54 Å². The summed E-state index contributed by atoms with van der Waals surface area (Å²) in [4.78, 5) is 1.09. The van der Waals surface area contributed by atoms with E-state index in [0.717, 1.165) is 36.4 Å². The van der Waals surface area contributed by atoms with Crippen LogP contribution in [0.3, 0.4) is 0 Å². The van der Waals surface area contributed by atoms with Crippen molar-refractivity contribution in [3.8, 4) is 0 Å². The molecule has 0 aromatic carbocycles. The van der Waals surface area contributed by atoms with Crippen molar-refractivity contribution in [2.24, 2.45) is 0 Å². The second-order valence-electron chi connectivity index (χ2n) is 5.33. The molecule has 0 aliphatic rings. The molecule has 0 unspecified atom stereocenters. The Hall–Kier alpha value is -0.430. The molecular weight excluding hydrogens is 292 g/mol. The molecule has 1 aromatic heterocycles. The molecule has 6 heteroatoms. The van der Waals surface area contributed by atoms with Gasteiger partial charge in [0.2, 0.25) is 0 Å². The van der Waals surface area contributed by atoms with Gasteiger partial charge in [-0.3, -0.25) is 0 Å². The van der Waals surface area contributed by atoms with E-state index in [1.54, 1.807) is 6.07 Å². The number of hydrogen-bond acceptors (Lipinski definition) is 4. The van der Waals surface area contributed by atoms with Crippen LogP contribution in [0.2, 0.25) is 0 Å². The highest BCUT2D eigenvalue weighted by atomic mass is 32.2. The van der Waals surface area contributed by atoms with Gasteiger partial charge in [-0.05, 0) is 44.9 Å². The molecule has 0 spiro atoms. The third-order valence-electron chi connectivity index (χ3n) is 3.74. The molecule has 0 aliphatic heterocycles. The highest BCUT2D eigenvalue weighted by Gasteiger charge is 2.28. The Bertz CT molecular complexity index is 531. The highest BCUT2D eigenvalue weighted by Crippen LogP contribution is 2.28. The van der Waals surface area contributed by atoms with Crippen LogP contribution in [0.1, 0.15) is 51.0 Å². The van der Waals surface area contributed by atoms with Crippen LogP contribution in [0.5, 0.6) is 0 Å². The van der Waals surface area contributed by atoms with Crippen LogP contribution in [-0.2, 0) is 16.6 Å². The van der Waals surface area contributed by atoms with E-state index in [9.17, 15) is 8.42 Å². The predicted octanol–water partition coefficient (Wildman–Crippen LogP) is 3.02. The van der Waals surface area contributed by atoms with Crippen LogP contribution in [-0.4, -0.2) is 20.5 Å². The molecule has 4 nitrogen and oxygen atoms in total. The zero-order valence-electron chi connectivity index (χ0n) is 13.0. The lowest BCUT2D eigenvalue weighted by Gasteiger charge is -2.27. The van der Waals surface area contributed by atoms with Crippen LogP contribution < -0.4 is 10.0 Å². The van der Waals surface area contributed by atoms with E-state index in [2.05, 4.69) is 10.0 Å². The summed E-state index contributed by atoms with van der Waals surface area (Å²) >= 11 is 1.36. The summed E-state index contributed by atoms with van der Waals surface area (Å²) in [6.45, 7) is 11.6. The lowest BCUT2D eigenvalue weighted by Crippen LogP contribution is -2.44. The molecule has 2 N–H and O–H groups in total. The van der Waals surface area contributed by atoms with Crippen molar-refractivity contribution in [2.75, 3.05) is 6.54 Å². The zero-order valence-corrected chi connectivity index (χ0v) is 14.7. The summed E-state index contributed by atoms with van der Waals surface area (Å²) in [6, 6.07) is 1.77. The molecule has 0 amide bonds. The summed E-state index contributed by atoms with van der Waals surface area (Å²) in [5, 5.41) is 3.24. The van der Waals surface area contributed by atoms with Crippen molar-refractivity contribution in [1.29, 1.82) is 0 Å². The molecule has 0 fully saturated rings. The van der Waals surface area contributed by atoms with Crippen molar-refractivity contribution in [1.82, 2.24) is 10.0 Å². The van der Waals surface area contributed by atoms with E-state index < -0.39 is 10.0 Å². The zero-order chi connectivity index (χ0) is 15.4. The second kappa shape index (κ2) is 7.02.